The van der Waals surface area contributed by atoms with Gasteiger partial charge in [-0.2, -0.15) is 0 Å². The topological polar surface area (TPSA) is 38.8 Å². The highest BCUT2D eigenvalue weighted by Crippen LogP contribution is 2.42. The molecular weight excluding hydrogens is 289 g/mol. The maximum atomic E-state index is 12.6. The quantitative estimate of drug-likeness (QED) is 0.855. The molecule has 1 fully saturated rings. The molecule has 1 aromatic carbocycles. The zero-order chi connectivity index (χ0) is 16.6. The molecular formula is C19H27NO3. The number of Topliss-reactive ketones (excluding diaryl/α,β-unsaturated/α-hetero) is 1. The molecule has 1 unspecified atom stereocenters. The van der Waals surface area contributed by atoms with Gasteiger partial charge in [-0.15, -0.1) is 0 Å². The Morgan fingerprint density at radius 1 is 1.22 bits per heavy atom. The Balaban J connectivity index is 1.89. The van der Waals surface area contributed by atoms with Crippen molar-refractivity contribution >= 4 is 5.78 Å². The van der Waals surface area contributed by atoms with Crippen molar-refractivity contribution in [3.63, 3.8) is 0 Å². The molecule has 2 atom stereocenters. The monoisotopic (exact) mass is 316 g/mol. The number of ketones is 1. The van der Waals surface area contributed by atoms with Crippen LogP contribution in [0.3, 0.4) is 0 Å². The van der Waals surface area contributed by atoms with Crippen LogP contribution < -0.4 is 9.47 Å². The summed E-state index contributed by atoms with van der Waals surface area (Å²) < 4.78 is 10.9. The first-order chi connectivity index (χ1) is 11.0. The minimum atomic E-state index is 0.202. The highest BCUT2D eigenvalue weighted by Gasteiger charge is 2.38. The van der Waals surface area contributed by atoms with Crippen molar-refractivity contribution < 1.29 is 14.3 Å². The third-order valence-electron chi connectivity index (χ3n) is 5.17. The summed E-state index contributed by atoms with van der Waals surface area (Å²) in [6.07, 6.45) is 2.63. The summed E-state index contributed by atoms with van der Waals surface area (Å²) in [7, 11) is 3.33. The van der Waals surface area contributed by atoms with Crippen LogP contribution in [0.5, 0.6) is 11.5 Å². The highest BCUT2D eigenvalue weighted by molar-refractivity contribution is 5.83. The second kappa shape index (κ2) is 6.52. The van der Waals surface area contributed by atoms with Crippen LogP contribution in [0, 0.1) is 11.8 Å². The van der Waals surface area contributed by atoms with Crippen LogP contribution in [-0.2, 0) is 11.2 Å². The van der Waals surface area contributed by atoms with E-state index in [1.54, 1.807) is 14.2 Å². The van der Waals surface area contributed by atoms with E-state index in [0.717, 1.165) is 37.4 Å². The summed E-state index contributed by atoms with van der Waals surface area (Å²) >= 11 is 0. The lowest BCUT2D eigenvalue weighted by Gasteiger charge is -2.43. The Kier molecular flexibility index (Phi) is 4.62. The van der Waals surface area contributed by atoms with E-state index >= 15 is 0 Å². The lowest BCUT2D eigenvalue weighted by Crippen LogP contribution is -2.46. The number of nitrogens with zero attached hydrogens (tertiary/aromatic N) is 1. The van der Waals surface area contributed by atoms with Gasteiger partial charge in [-0.3, -0.25) is 9.69 Å². The molecule has 126 valence electrons. The molecule has 0 radical (unpaired) electrons. The molecule has 0 N–H and O–H groups in total. The summed E-state index contributed by atoms with van der Waals surface area (Å²) in [6, 6.07) is 4.35. The molecule has 2 heterocycles. The predicted molar refractivity (Wildman–Crippen MR) is 90.1 cm³/mol. The number of rotatable bonds is 4. The summed E-state index contributed by atoms with van der Waals surface area (Å²) in [5, 5.41) is 0. The van der Waals surface area contributed by atoms with Crippen molar-refractivity contribution in [1.29, 1.82) is 0 Å². The van der Waals surface area contributed by atoms with Gasteiger partial charge in [-0.25, -0.2) is 0 Å². The standard InChI is InChI=1S/C19H27NO3/c1-12(2)7-14-11-20-6-5-13-8-18(22-3)19(23-4)9-15(13)16(20)10-17(14)21/h8-9,12,14,16H,5-7,10-11H2,1-4H3/t14-,16?/m1/s1/i3-1. The van der Waals surface area contributed by atoms with Crippen LogP contribution in [0.4, 0.5) is 0 Å². The molecule has 1 saturated heterocycles. The molecule has 4 heteroatoms. The maximum Gasteiger partial charge on any atom is 0.161 e. The van der Waals surface area contributed by atoms with E-state index in [9.17, 15) is 4.79 Å². The number of carbonyl (C=O) groups excluding carboxylic acids is 1. The van der Waals surface area contributed by atoms with Gasteiger partial charge in [0.1, 0.15) is 5.78 Å². The number of methoxy groups -OCH3 is 2. The average molecular weight is 316 g/mol. The van der Waals surface area contributed by atoms with Crippen molar-refractivity contribution in [3.05, 3.63) is 23.3 Å². The molecule has 4 nitrogen and oxygen atoms in total. The van der Waals surface area contributed by atoms with Crippen molar-refractivity contribution in [2.45, 2.75) is 39.2 Å². The fourth-order valence-electron chi connectivity index (χ4n) is 4.05. The Labute approximate surface area is 138 Å². The molecule has 2 aliphatic rings. The third-order valence-corrected chi connectivity index (χ3v) is 5.17. The number of hydrogen-bond donors (Lipinski definition) is 0. The molecule has 0 aromatic heterocycles. The Bertz CT molecular complexity index is 597. The van der Waals surface area contributed by atoms with Gasteiger partial charge in [0.25, 0.3) is 0 Å². The van der Waals surface area contributed by atoms with Gasteiger partial charge < -0.3 is 9.47 Å². The van der Waals surface area contributed by atoms with Gasteiger partial charge in [-0.05, 0) is 42.0 Å². The summed E-state index contributed by atoms with van der Waals surface area (Å²) in [5.74, 6) is 2.72. The second-order valence-electron chi connectivity index (χ2n) is 7.16. The Hall–Kier alpha value is -1.55. The molecule has 0 amide bonds. The SMILES string of the molecule is COc1cc2c(cc1O[11CH3])CCN1C[C@@H](CC(C)C)C(=O)CC21. The number of carbonyl (C=O) groups is 1. The number of piperidine rings is 1. The molecule has 3 rings (SSSR count). The normalized spacial score (nSPS) is 24.3. The van der Waals surface area contributed by atoms with Crippen LogP contribution in [0.15, 0.2) is 12.1 Å². The van der Waals surface area contributed by atoms with E-state index in [1.807, 2.05) is 0 Å². The fourth-order valence-corrected chi connectivity index (χ4v) is 4.05. The van der Waals surface area contributed by atoms with E-state index < -0.39 is 0 Å². The third kappa shape index (κ3) is 3.09. The van der Waals surface area contributed by atoms with E-state index in [1.165, 1.54) is 11.1 Å². The van der Waals surface area contributed by atoms with Crippen LogP contribution in [0.2, 0.25) is 0 Å². The summed E-state index contributed by atoms with van der Waals surface area (Å²) in [4.78, 5) is 15.1. The van der Waals surface area contributed by atoms with E-state index in [-0.39, 0.29) is 12.0 Å². The van der Waals surface area contributed by atoms with Crippen molar-refractivity contribution in [2.75, 3.05) is 27.3 Å². The van der Waals surface area contributed by atoms with Gasteiger partial charge in [-0.1, -0.05) is 13.8 Å². The van der Waals surface area contributed by atoms with E-state index in [2.05, 4.69) is 30.9 Å². The summed E-state index contributed by atoms with van der Waals surface area (Å²) in [5.41, 5.74) is 2.53. The van der Waals surface area contributed by atoms with Crippen molar-refractivity contribution in [2.24, 2.45) is 11.8 Å². The van der Waals surface area contributed by atoms with Crippen molar-refractivity contribution in [1.82, 2.24) is 4.90 Å². The lowest BCUT2D eigenvalue weighted by atomic mass is 9.80. The zero-order valence-corrected chi connectivity index (χ0v) is 14.6. The first-order valence-corrected chi connectivity index (χ1v) is 8.55. The smallest absolute Gasteiger partial charge is 0.161 e. The van der Waals surface area contributed by atoms with Gasteiger partial charge in [0.15, 0.2) is 11.5 Å². The minimum absolute atomic E-state index is 0.202. The molecule has 1 aromatic rings. The number of fused-ring (bicyclic) bond motifs is 3. The first-order valence-electron chi connectivity index (χ1n) is 8.55. The highest BCUT2D eigenvalue weighted by atomic mass is 16.5. The van der Waals surface area contributed by atoms with Gasteiger partial charge in [0.2, 0.25) is 0 Å². The minimum Gasteiger partial charge on any atom is -0.493 e. The molecule has 0 aliphatic carbocycles. The van der Waals surface area contributed by atoms with Crippen molar-refractivity contribution in [3.8, 4) is 11.5 Å². The predicted octanol–water partition coefficient (Wildman–Crippen LogP) is 3.24. The average Bonchev–Trinajstić information content (AvgIpc) is 2.53. The van der Waals surface area contributed by atoms with Crippen LogP contribution >= 0.6 is 0 Å². The number of benzene rings is 1. The molecule has 0 bridgehead atoms. The lowest BCUT2D eigenvalue weighted by molar-refractivity contribution is -0.129. The summed E-state index contributed by atoms with van der Waals surface area (Å²) in [6.45, 7) is 6.31. The van der Waals surface area contributed by atoms with Crippen LogP contribution in [0.1, 0.15) is 43.9 Å². The second-order valence-corrected chi connectivity index (χ2v) is 7.16. The zero-order valence-electron chi connectivity index (χ0n) is 14.6. The first kappa shape index (κ1) is 16.3. The van der Waals surface area contributed by atoms with Gasteiger partial charge >= 0.3 is 0 Å². The maximum absolute atomic E-state index is 12.6. The molecule has 2 aliphatic heterocycles. The largest absolute Gasteiger partial charge is 0.493 e. The van der Waals surface area contributed by atoms with Crippen LogP contribution in [-0.4, -0.2) is 38.0 Å². The fraction of sp³-hybridized carbons (Fsp3) is 0.632. The Morgan fingerprint density at radius 2 is 1.91 bits per heavy atom. The molecule has 0 spiro atoms. The Morgan fingerprint density at radius 3 is 2.57 bits per heavy atom. The van der Waals surface area contributed by atoms with E-state index in [0.29, 0.717) is 18.1 Å². The van der Waals surface area contributed by atoms with E-state index in [4.69, 9.17) is 9.47 Å². The van der Waals surface area contributed by atoms with Crippen LogP contribution in [0.25, 0.3) is 0 Å². The molecule has 0 saturated carbocycles. The van der Waals surface area contributed by atoms with Gasteiger partial charge in [0, 0.05) is 31.5 Å². The number of ether oxygens (including phenoxy) is 2. The van der Waals surface area contributed by atoms with Gasteiger partial charge in [0.05, 0.1) is 14.2 Å². The molecule has 23 heavy (non-hydrogen) atoms. The number of hydrogen-bond acceptors (Lipinski definition) is 4.